The summed E-state index contributed by atoms with van der Waals surface area (Å²) in [4.78, 5) is 13.1. The Bertz CT molecular complexity index is 240. The van der Waals surface area contributed by atoms with Crippen molar-refractivity contribution in [1.82, 2.24) is 4.90 Å². The van der Waals surface area contributed by atoms with Crippen LogP contribution in [0.3, 0.4) is 0 Å². The van der Waals surface area contributed by atoms with E-state index in [2.05, 4.69) is 0 Å². The first kappa shape index (κ1) is 15.7. The third kappa shape index (κ3) is 6.54. The van der Waals surface area contributed by atoms with Crippen LogP contribution in [0, 0.1) is 0 Å². The van der Waals surface area contributed by atoms with Crippen molar-refractivity contribution in [1.29, 1.82) is 0 Å². The van der Waals surface area contributed by atoms with Gasteiger partial charge in [-0.05, 0) is 6.92 Å². The predicted octanol–water partition coefficient (Wildman–Crippen LogP) is 0.896. The number of amides is 1. The predicted molar refractivity (Wildman–Crippen MR) is 69.0 cm³/mol. The molecule has 0 aliphatic carbocycles. The molecule has 1 saturated heterocycles. The quantitative estimate of drug-likeness (QED) is 0.440. The van der Waals surface area contributed by atoms with Gasteiger partial charge >= 0.3 is 0 Å². The van der Waals surface area contributed by atoms with Crippen molar-refractivity contribution in [2.75, 3.05) is 52.7 Å². The number of carbonyl (C=O) groups is 1. The molecule has 0 aromatic carbocycles. The van der Waals surface area contributed by atoms with Crippen molar-refractivity contribution in [2.24, 2.45) is 0 Å². The zero-order valence-electron chi connectivity index (χ0n) is 10.9. The molecule has 0 aromatic rings. The maximum Gasteiger partial charge on any atom is 0.224 e. The summed E-state index contributed by atoms with van der Waals surface area (Å²) in [6.45, 7) is 6.75. The van der Waals surface area contributed by atoms with Crippen LogP contribution in [0.2, 0.25) is 0 Å². The smallest absolute Gasteiger partial charge is 0.224 e. The van der Waals surface area contributed by atoms with Crippen molar-refractivity contribution in [2.45, 2.75) is 18.7 Å². The van der Waals surface area contributed by atoms with Crippen LogP contribution in [0.5, 0.6) is 0 Å². The van der Waals surface area contributed by atoms with Gasteiger partial charge in [-0.3, -0.25) is 4.79 Å². The minimum atomic E-state index is -0.0422. The van der Waals surface area contributed by atoms with Crippen LogP contribution in [0.15, 0.2) is 0 Å². The van der Waals surface area contributed by atoms with Gasteiger partial charge in [-0.15, -0.1) is 11.6 Å². The van der Waals surface area contributed by atoms with E-state index in [1.165, 1.54) is 0 Å². The Labute approximate surface area is 113 Å². The monoisotopic (exact) mass is 279 g/mol. The fraction of sp³-hybridized carbons (Fsp3) is 0.917. The van der Waals surface area contributed by atoms with E-state index in [-0.39, 0.29) is 11.3 Å². The van der Waals surface area contributed by atoms with E-state index in [4.69, 9.17) is 25.8 Å². The molecule has 18 heavy (non-hydrogen) atoms. The van der Waals surface area contributed by atoms with Gasteiger partial charge in [-0.1, -0.05) is 0 Å². The lowest BCUT2D eigenvalue weighted by atomic mass is 10.4. The van der Waals surface area contributed by atoms with E-state index in [9.17, 15) is 4.79 Å². The molecule has 1 aliphatic rings. The molecule has 0 aromatic heterocycles. The molecule has 1 fully saturated rings. The summed E-state index contributed by atoms with van der Waals surface area (Å²) in [5.74, 6) is 0.117. The zero-order valence-corrected chi connectivity index (χ0v) is 11.7. The van der Waals surface area contributed by atoms with E-state index in [0.29, 0.717) is 59.2 Å². The molecular formula is C12H22ClNO4. The van der Waals surface area contributed by atoms with Crippen molar-refractivity contribution < 1.29 is 19.0 Å². The second-order valence-electron chi connectivity index (χ2n) is 4.06. The number of hydrogen-bond acceptors (Lipinski definition) is 4. The lowest BCUT2D eigenvalue weighted by molar-refractivity contribution is -0.128. The second kappa shape index (κ2) is 9.55. The molecule has 1 unspecified atom stereocenters. The van der Waals surface area contributed by atoms with Gasteiger partial charge in [-0.2, -0.15) is 0 Å². The topological polar surface area (TPSA) is 48.0 Å². The number of nitrogens with zero attached hydrogens (tertiary/aromatic N) is 1. The minimum absolute atomic E-state index is 0.0422. The number of hydrogen-bond donors (Lipinski definition) is 0. The molecule has 5 nitrogen and oxygen atoms in total. The molecule has 1 aliphatic heterocycles. The maximum absolute atomic E-state index is 11.4. The van der Waals surface area contributed by atoms with Crippen LogP contribution in [0.4, 0.5) is 0 Å². The highest BCUT2D eigenvalue weighted by atomic mass is 35.5. The lowest BCUT2D eigenvalue weighted by Crippen LogP contribution is -2.29. The summed E-state index contributed by atoms with van der Waals surface area (Å²) in [6, 6.07) is 0. The highest BCUT2D eigenvalue weighted by molar-refractivity contribution is 6.22. The van der Waals surface area contributed by atoms with Gasteiger partial charge < -0.3 is 19.1 Å². The fourth-order valence-electron chi connectivity index (χ4n) is 1.70. The van der Waals surface area contributed by atoms with Gasteiger partial charge in [0.2, 0.25) is 5.91 Å². The van der Waals surface area contributed by atoms with Crippen LogP contribution >= 0.6 is 11.6 Å². The molecule has 1 atom stereocenters. The number of carbonyl (C=O) groups excluding carboxylic acids is 1. The van der Waals surface area contributed by atoms with Gasteiger partial charge in [0, 0.05) is 26.1 Å². The van der Waals surface area contributed by atoms with E-state index in [1.807, 2.05) is 6.92 Å². The highest BCUT2D eigenvalue weighted by Gasteiger charge is 2.27. The first-order valence-corrected chi connectivity index (χ1v) is 6.82. The van der Waals surface area contributed by atoms with E-state index in [0.717, 1.165) is 0 Å². The van der Waals surface area contributed by atoms with Gasteiger partial charge in [0.15, 0.2) is 0 Å². The van der Waals surface area contributed by atoms with Crippen molar-refractivity contribution >= 4 is 17.5 Å². The standard InChI is InChI=1S/C12H22ClNO4/c1-2-16-5-6-18-8-7-17-4-3-14-10-11(13)9-12(14)15/h11H,2-10H2,1H3. The molecule has 0 saturated carbocycles. The molecule has 1 rings (SSSR count). The van der Waals surface area contributed by atoms with Crippen LogP contribution < -0.4 is 0 Å². The first-order chi connectivity index (χ1) is 8.74. The molecule has 0 spiro atoms. The molecule has 6 heteroatoms. The minimum Gasteiger partial charge on any atom is -0.379 e. The fourth-order valence-corrected chi connectivity index (χ4v) is 2.00. The Morgan fingerprint density at radius 2 is 1.78 bits per heavy atom. The van der Waals surface area contributed by atoms with Crippen molar-refractivity contribution in [3.8, 4) is 0 Å². The summed E-state index contributed by atoms with van der Waals surface area (Å²) in [6.07, 6.45) is 0.447. The summed E-state index contributed by atoms with van der Waals surface area (Å²) < 4.78 is 15.8. The number of rotatable bonds is 10. The largest absolute Gasteiger partial charge is 0.379 e. The van der Waals surface area contributed by atoms with Crippen LogP contribution in [0.25, 0.3) is 0 Å². The Kier molecular flexibility index (Phi) is 8.33. The van der Waals surface area contributed by atoms with E-state index in [1.54, 1.807) is 4.90 Å². The lowest BCUT2D eigenvalue weighted by Gasteiger charge is -2.15. The first-order valence-electron chi connectivity index (χ1n) is 6.39. The van der Waals surface area contributed by atoms with Gasteiger partial charge in [0.25, 0.3) is 0 Å². The second-order valence-corrected chi connectivity index (χ2v) is 4.68. The summed E-state index contributed by atoms with van der Waals surface area (Å²) in [7, 11) is 0. The number of ether oxygens (including phenoxy) is 3. The number of likely N-dealkylation sites (tertiary alicyclic amines) is 1. The van der Waals surface area contributed by atoms with Crippen molar-refractivity contribution in [3.63, 3.8) is 0 Å². The normalized spacial score (nSPS) is 19.8. The average Bonchev–Trinajstić information content (AvgIpc) is 2.66. The Hall–Kier alpha value is -0.360. The van der Waals surface area contributed by atoms with Crippen LogP contribution in [0.1, 0.15) is 13.3 Å². The van der Waals surface area contributed by atoms with E-state index < -0.39 is 0 Å². The molecule has 1 heterocycles. The number of halogens is 1. The van der Waals surface area contributed by atoms with Gasteiger partial charge in [-0.25, -0.2) is 0 Å². The molecule has 0 bridgehead atoms. The third-order valence-electron chi connectivity index (χ3n) is 2.62. The van der Waals surface area contributed by atoms with Gasteiger partial charge in [0.05, 0.1) is 38.4 Å². The number of alkyl halides is 1. The highest BCUT2D eigenvalue weighted by Crippen LogP contribution is 2.15. The summed E-state index contributed by atoms with van der Waals surface area (Å²) in [5.41, 5.74) is 0. The summed E-state index contributed by atoms with van der Waals surface area (Å²) in [5, 5.41) is -0.0422. The Morgan fingerprint density at radius 1 is 1.17 bits per heavy atom. The summed E-state index contributed by atoms with van der Waals surface area (Å²) >= 11 is 5.89. The van der Waals surface area contributed by atoms with Crippen LogP contribution in [-0.2, 0) is 19.0 Å². The van der Waals surface area contributed by atoms with Crippen LogP contribution in [-0.4, -0.2) is 68.9 Å². The van der Waals surface area contributed by atoms with E-state index >= 15 is 0 Å². The SMILES string of the molecule is CCOCCOCCOCCN1CC(Cl)CC1=O. The average molecular weight is 280 g/mol. The Morgan fingerprint density at radius 3 is 2.33 bits per heavy atom. The maximum atomic E-state index is 11.4. The molecule has 0 radical (unpaired) electrons. The van der Waals surface area contributed by atoms with Crippen molar-refractivity contribution in [3.05, 3.63) is 0 Å². The van der Waals surface area contributed by atoms with Gasteiger partial charge in [0.1, 0.15) is 0 Å². The third-order valence-corrected chi connectivity index (χ3v) is 2.91. The zero-order chi connectivity index (χ0) is 13.2. The molecule has 0 N–H and O–H groups in total. The molecule has 106 valence electrons. The Balaban J connectivity index is 1.85. The molecular weight excluding hydrogens is 258 g/mol. The molecule has 1 amide bonds.